The summed E-state index contributed by atoms with van der Waals surface area (Å²) in [5.41, 5.74) is -0.137. The minimum absolute atomic E-state index is 0.137. The van der Waals surface area contributed by atoms with E-state index in [2.05, 4.69) is 4.74 Å². The molecule has 2 aromatic rings. The van der Waals surface area contributed by atoms with Crippen LogP contribution in [0.4, 0.5) is 17.6 Å². The zero-order valence-corrected chi connectivity index (χ0v) is 19.0. The van der Waals surface area contributed by atoms with Crippen molar-refractivity contribution in [3.05, 3.63) is 51.7 Å². The topological polar surface area (TPSA) is 83.5 Å². The van der Waals surface area contributed by atoms with Crippen molar-refractivity contribution in [2.24, 2.45) is 0 Å². The molecule has 2 aromatic carbocycles. The predicted molar refractivity (Wildman–Crippen MR) is 104 cm³/mol. The number of carbonyl (C=O) groups is 1. The van der Waals surface area contributed by atoms with Gasteiger partial charge in [-0.25, -0.2) is 22.0 Å². The minimum atomic E-state index is -5.85. The van der Waals surface area contributed by atoms with E-state index < -0.39 is 50.0 Å². The lowest BCUT2D eigenvalue weighted by Crippen LogP contribution is -2.17. The molecular formula is C13H2F4I3O5S-. The Labute approximate surface area is 184 Å². The highest BCUT2D eigenvalue weighted by Gasteiger charge is 2.31. The standard InChI is InChI=1S/C13H3F4I3O5S/c14-6-8(16)12(26(22,23)24)9(17)7(15)11(6)25-13(21)4-1-3(18)2-5(19)10(4)20/h1-2H,(H,22,23,24)/p-1. The van der Waals surface area contributed by atoms with Crippen LogP contribution in [0.1, 0.15) is 10.4 Å². The van der Waals surface area contributed by atoms with Crippen molar-refractivity contribution in [1.82, 2.24) is 0 Å². The second-order valence-corrected chi connectivity index (χ2v) is 9.31. The lowest BCUT2D eigenvalue weighted by Gasteiger charge is -2.14. The molecule has 0 N–H and O–H groups in total. The van der Waals surface area contributed by atoms with Crippen LogP contribution < -0.4 is 4.74 Å². The van der Waals surface area contributed by atoms with Gasteiger partial charge in [-0.3, -0.25) is 0 Å². The van der Waals surface area contributed by atoms with Gasteiger partial charge in [0.2, 0.25) is 17.4 Å². The van der Waals surface area contributed by atoms with Crippen LogP contribution in [0.2, 0.25) is 0 Å². The normalized spacial score (nSPS) is 11.5. The maximum atomic E-state index is 13.9. The van der Waals surface area contributed by atoms with E-state index >= 15 is 0 Å². The number of esters is 1. The third kappa shape index (κ3) is 4.25. The lowest BCUT2D eigenvalue weighted by molar-refractivity contribution is 0.0715. The smallest absolute Gasteiger partial charge is 0.344 e. The van der Waals surface area contributed by atoms with Gasteiger partial charge in [0.05, 0.1) is 5.56 Å². The average molecular weight is 727 g/mol. The van der Waals surface area contributed by atoms with Gasteiger partial charge in [-0.1, -0.05) is 0 Å². The Kier molecular flexibility index (Phi) is 6.77. The highest BCUT2D eigenvalue weighted by molar-refractivity contribution is 14.1. The van der Waals surface area contributed by atoms with Gasteiger partial charge in [0.15, 0.2) is 11.6 Å². The Hall–Kier alpha value is -0.270. The molecule has 0 radical (unpaired) electrons. The first-order valence-corrected chi connectivity index (χ1v) is 10.7. The van der Waals surface area contributed by atoms with E-state index in [1.807, 2.05) is 45.2 Å². The Morgan fingerprint density at radius 1 is 0.962 bits per heavy atom. The van der Waals surface area contributed by atoms with E-state index in [0.29, 0.717) is 10.7 Å². The second kappa shape index (κ2) is 8.00. The van der Waals surface area contributed by atoms with Crippen LogP contribution in [-0.2, 0) is 10.1 Å². The molecule has 0 saturated carbocycles. The van der Waals surface area contributed by atoms with Crippen LogP contribution in [0.3, 0.4) is 0 Å². The Bertz CT molecular complexity index is 1010. The Morgan fingerprint density at radius 3 is 1.92 bits per heavy atom. The number of benzene rings is 2. The van der Waals surface area contributed by atoms with Gasteiger partial charge >= 0.3 is 5.97 Å². The van der Waals surface area contributed by atoms with Crippen molar-refractivity contribution in [3.8, 4) is 5.75 Å². The minimum Gasteiger partial charge on any atom is -0.744 e. The highest BCUT2D eigenvalue weighted by Crippen LogP contribution is 2.33. The highest BCUT2D eigenvalue weighted by atomic mass is 127. The fourth-order valence-electron chi connectivity index (χ4n) is 1.75. The average Bonchev–Trinajstić information content (AvgIpc) is 2.51. The number of hydrogen-bond acceptors (Lipinski definition) is 5. The molecule has 13 heteroatoms. The molecule has 0 aromatic heterocycles. The third-order valence-corrected chi connectivity index (χ3v) is 7.37. The fraction of sp³-hybridized carbons (Fsp3) is 0. The van der Waals surface area contributed by atoms with Crippen molar-refractivity contribution in [3.63, 3.8) is 0 Å². The number of ether oxygens (including phenoxy) is 1. The van der Waals surface area contributed by atoms with E-state index in [1.54, 1.807) is 28.7 Å². The summed E-state index contributed by atoms with van der Waals surface area (Å²) in [5, 5.41) is 0. The molecule has 0 bridgehead atoms. The number of halogens is 7. The van der Waals surface area contributed by atoms with E-state index in [-0.39, 0.29) is 5.56 Å². The predicted octanol–water partition coefficient (Wildman–Crippen LogP) is 4.18. The van der Waals surface area contributed by atoms with E-state index in [1.165, 1.54) is 6.07 Å². The maximum absolute atomic E-state index is 13.9. The van der Waals surface area contributed by atoms with E-state index in [9.17, 15) is 35.3 Å². The number of hydrogen-bond donors (Lipinski definition) is 0. The quantitative estimate of drug-likeness (QED) is 0.119. The summed E-state index contributed by atoms with van der Waals surface area (Å²) < 4.78 is 93.5. The molecule has 5 nitrogen and oxygen atoms in total. The van der Waals surface area contributed by atoms with Crippen molar-refractivity contribution in [2.45, 2.75) is 4.90 Å². The van der Waals surface area contributed by atoms with Gasteiger partial charge in [-0.2, -0.15) is 8.78 Å². The molecule has 0 atom stereocenters. The van der Waals surface area contributed by atoms with Crippen molar-refractivity contribution in [1.29, 1.82) is 0 Å². The van der Waals surface area contributed by atoms with Crippen LogP contribution >= 0.6 is 67.8 Å². The van der Waals surface area contributed by atoms with Gasteiger partial charge in [-0.15, -0.1) is 0 Å². The van der Waals surface area contributed by atoms with Crippen LogP contribution in [0.15, 0.2) is 17.0 Å². The lowest BCUT2D eigenvalue weighted by atomic mass is 10.2. The first-order chi connectivity index (χ1) is 11.9. The molecule has 0 fully saturated rings. The summed E-state index contributed by atoms with van der Waals surface area (Å²) in [6.07, 6.45) is 0. The fourth-order valence-corrected chi connectivity index (χ4v) is 4.75. The van der Waals surface area contributed by atoms with Crippen LogP contribution in [-0.4, -0.2) is 18.9 Å². The van der Waals surface area contributed by atoms with Gasteiger partial charge in [0, 0.05) is 10.7 Å². The van der Waals surface area contributed by atoms with Crippen molar-refractivity contribution >= 4 is 83.9 Å². The van der Waals surface area contributed by atoms with E-state index in [0.717, 1.165) is 0 Å². The van der Waals surface area contributed by atoms with Gasteiger partial charge in [0.25, 0.3) is 0 Å². The largest absolute Gasteiger partial charge is 0.744 e. The van der Waals surface area contributed by atoms with Crippen LogP contribution in [0.5, 0.6) is 5.75 Å². The number of carbonyl (C=O) groups excluding carboxylic acids is 1. The molecule has 0 aliphatic rings. The molecule has 0 heterocycles. The molecule has 0 amide bonds. The molecule has 0 aliphatic heterocycles. The Morgan fingerprint density at radius 2 is 1.46 bits per heavy atom. The third-order valence-electron chi connectivity index (χ3n) is 2.84. The molecule has 0 aliphatic carbocycles. The molecular weight excluding hydrogens is 725 g/mol. The molecule has 0 spiro atoms. The van der Waals surface area contributed by atoms with E-state index in [4.69, 9.17) is 0 Å². The molecule has 0 unspecified atom stereocenters. The second-order valence-electron chi connectivity index (χ2n) is 4.51. The molecule has 26 heavy (non-hydrogen) atoms. The zero-order valence-electron chi connectivity index (χ0n) is 11.7. The van der Waals surface area contributed by atoms with Gasteiger partial charge in [-0.05, 0) is 79.9 Å². The zero-order chi connectivity index (χ0) is 20.0. The monoisotopic (exact) mass is 727 g/mol. The number of rotatable bonds is 3. The summed E-state index contributed by atoms with van der Waals surface area (Å²) in [6.45, 7) is 0. The SMILES string of the molecule is O=C(Oc1c(F)c(F)c(S(=O)(=O)[O-])c(F)c1F)c1cc(I)cc(I)c1I. The molecule has 0 saturated heterocycles. The first kappa shape index (κ1) is 22.0. The van der Waals surface area contributed by atoms with Gasteiger partial charge < -0.3 is 9.29 Å². The van der Waals surface area contributed by atoms with Crippen molar-refractivity contribution in [2.75, 3.05) is 0 Å². The summed E-state index contributed by atoms with van der Waals surface area (Å²) in [6, 6.07) is 3.00. The summed E-state index contributed by atoms with van der Waals surface area (Å²) >= 11 is 5.51. The van der Waals surface area contributed by atoms with Crippen LogP contribution in [0, 0.1) is 34.0 Å². The summed E-state index contributed by atoms with van der Waals surface area (Å²) in [5.74, 6) is -12.7. The molecule has 2 rings (SSSR count). The van der Waals surface area contributed by atoms with Crippen molar-refractivity contribution < 1.29 is 40.1 Å². The summed E-state index contributed by atoms with van der Waals surface area (Å²) in [4.78, 5) is 9.83. The first-order valence-electron chi connectivity index (χ1n) is 6.04. The Balaban J connectivity index is 2.60. The maximum Gasteiger partial charge on any atom is 0.344 e. The molecule has 140 valence electrons. The van der Waals surface area contributed by atoms with Gasteiger partial charge in [0.1, 0.15) is 15.0 Å². The van der Waals surface area contributed by atoms with Crippen LogP contribution in [0.25, 0.3) is 0 Å². The summed E-state index contributed by atoms with van der Waals surface area (Å²) in [7, 11) is -5.85.